The molecule has 0 fully saturated rings. The molecule has 2 nitrogen and oxygen atoms in total. The molecule has 2 N–H and O–H groups in total. The molecule has 0 bridgehead atoms. The monoisotopic (exact) mass is 122 g/mol. The molecule has 46 valence electrons. The number of carbonyl (C=O) groups is 1. The maximum absolute atomic E-state index is 10.4. The van der Waals surface area contributed by atoms with Gasteiger partial charge in [-0.2, -0.15) is 0 Å². The minimum absolute atomic E-state index is 0.379. The molecular formula is C7H7NO. The normalized spacial score (nSPS) is 8.89. The van der Waals surface area contributed by atoms with Crippen molar-refractivity contribution in [2.45, 2.75) is 0 Å². The zero-order valence-corrected chi connectivity index (χ0v) is 4.87. The van der Waals surface area contributed by atoms with Crippen molar-refractivity contribution in [3.63, 3.8) is 0 Å². The minimum Gasteiger partial charge on any atom is -0.366 e. The fourth-order valence-corrected chi connectivity index (χ4v) is 0.602. The lowest BCUT2D eigenvalue weighted by Crippen LogP contribution is -2.09. The molecule has 1 aromatic rings. The number of benzene rings is 1. The predicted molar refractivity (Wildman–Crippen MR) is 35.0 cm³/mol. The molecule has 0 radical (unpaired) electrons. The number of hydrogen-bond donors (Lipinski definition) is 1. The van der Waals surface area contributed by atoms with Gasteiger partial charge in [-0.1, -0.05) is 18.2 Å². The molecule has 2 heteroatoms. The van der Waals surface area contributed by atoms with E-state index in [-0.39, 0.29) is 5.91 Å². The van der Waals surface area contributed by atoms with Crippen LogP contribution in [-0.4, -0.2) is 5.91 Å². The third kappa shape index (κ3) is 1.29. The van der Waals surface area contributed by atoms with Crippen molar-refractivity contribution in [1.29, 1.82) is 0 Å². The summed E-state index contributed by atoms with van der Waals surface area (Å²) in [5.74, 6) is -0.379. The highest BCUT2D eigenvalue weighted by molar-refractivity contribution is 5.92. The Morgan fingerprint density at radius 3 is 2.11 bits per heavy atom. The molecule has 0 saturated carbocycles. The van der Waals surface area contributed by atoms with Crippen LogP contribution in [-0.2, 0) is 0 Å². The molecule has 0 aromatic heterocycles. The maximum Gasteiger partial charge on any atom is 0.248 e. The zero-order valence-electron chi connectivity index (χ0n) is 4.87. The molecule has 0 aliphatic rings. The Kier molecular flexibility index (Phi) is 1.49. The fraction of sp³-hybridized carbons (Fsp3) is 0. The van der Waals surface area contributed by atoms with Crippen LogP contribution < -0.4 is 5.73 Å². The highest BCUT2D eigenvalue weighted by Crippen LogP contribution is 1.94. The van der Waals surface area contributed by atoms with E-state index in [0.29, 0.717) is 5.56 Å². The van der Waals surface area contributed by atoms with E-state index >= 15 is 0 Å². The van der Waals surface area contributed by atoms with Gasteiger partial charge in [-0.25, -0.2) is 0 Å². The second kappa shape index (κ2) is 2.31. The number of amides is 1. The quantitative estimate of drug-likeness (QED) is 0.549. The van der Waals surface area contributed by atoms with Crippen molar-refractivity contribution < 1.29 is 4.79 Å². The first-order chi connectivity index (χ1) is 4.30. The molecule has 1 amide bonds. The summed E-state index contributed by atoms with van der Waals surface area (Å²) in [6, 6.07) is 8.76. The van der Waals surface area contributed by atoms with E-state index < -0.39 is 0 Å². The van der Waals surface area contributed by atoms with Crippen LogP contribution in [0.4, 0.5) is 0 Å². The first-order valence-electron chi connectivity index (χ1n) is 2.65. The Bertz CT molecular complexity index is 205. The lowest BCUT2D eigenvalue weighted by molar-refractivity contribution is 0.100. The Morgan fingerprint density at radius 2 is 1.78 bits per heavy atom. The predicted octanol–water partition coefficient (Wildman–Crippen LogP) is 0.786. The van der Waals surface area contributed by atoms with Crippen molar-refractivity contribution in [2.24, 2.45) is 5.73 Å². The van der Waals surface area contributed by atoms with Crippen LogP contribution in [0.25, 0.3) is 0 Å². The summed E-state index contributed by atoms with van der Waals surface area (Å²) < 4.78 is 0. The van der Waals surface area contributed by atoms with Gasteiger partial charge in [0.2, 0.25) is 5.91 Å². The Morgan fingerprint density at radius 1 is 1.22 bits per heavy atom. The number of nitrogens with two attached hydrogens (primary N) is 1. The Labute approximate surface area is 53.3 Å². The number of hydrogen-bond acceptors (Lipinski definition) is 1. The summed E-state index contributed by atoms with van der Waals surface area (Å²) in [7, 11) is 0. The van der Waals surface area contributed by atoms with E-state index in [1.807, 2.05) is 6.07 Å². The van der Waals surface area contributed by atoms with Crippen LogP contribution in [0.5, 0.6) is 0 Å². The first kappa shape index (κ1) is 5.82. The lowest BCUT2D eigenvalue weighted by Gasteiger charge is -1.89. The second-order valence-corrected chi connectivity index (χ2v) is 1.73. The van der Waals surface area contributed by atoms with E-state index in [1.54, 1.807) is 24.3 Å². The fourth-order valence-electron chi connectivity index (χ4n) is 0.602. The van der Waals surface area contributed by atoms with Gasteiger partial charge >= 0.3 is 0 Å². The van der Waals surface area contributed by atoms with Gasteiger partial charge in [0.1, 0.15) is 0 Å². The van der Waals surface area contributed by atoms with Crippen molar-refractivity contribution in [2.75, 3.05) is 0 Å². The third-order valence-electron chi connectivity index (χ3n) is 1.06. The van der Waals surface area contributed by atoms with Crippen LogP contribution in [0.1, 0.15) is 10.4 Å². The Hall–Kier alpha value is -1.31. The molecule has 0 unspecified atom stereocenters. The lowest BCUT2D eigenvalue weighted by atomic mass is 10.3. The molecule has 0 heterocycles. The first-order valence-corrected chi connectivity index (χ1v) is 2.65. The largest absolute Gasteiger partial charge is 0.366 e. The van der Waals surface area contributed by atoms with Crippen LogP contribution in [0, 0.1) is 0 Å². The molecule has 0 aliphatic carbocycles. The standard InChI is InChI=1S/C7H7NO/c8-7(9)6-4-2-1-3-5-6/h1-5H,(H2,8,9)/i7+1. The molecule has 1 rings (SSSR count). The topological polar surface area (TPSA) is 43.1 Å². The van der Waals surface area contributed by atoms with Crippen molar-refractivity contribution in [3.8, 4) is 0 Å². The number of carbonyl (C=O) groups excluding carboxylic acids is 1. The van der Waals surface area contributed by atoms with Crippen LogP contribution in [0.2, 0.25) is 0 Å². The van der Waals surface area contributed by atoms with E-state index in [4.69, 9.17) is 5.73 Å². The summed E-state index contributed by atoms with van der Waals surface area (Å²) >= 11 is 0. The van der Waals surface area contributed by atoms with Crippen molar-refractivity contribution in [1.82, 2.24) is 0 Å². The Balaban J connectivity index is 2.98. The molecule has 0 aliphatic heterocycles. The van der Waals surface area contributed by atoms with E-state index in [2.05, 4.69) is 0 Å². The molecule has 0 saturated heterocycles. The van der Waals surface area contributed by atoms with E-state index in [0.717, 1.165) is 0 Å². The van der Waals surface area contributed by atoms with Crippen molar-refractivity contribution in [3.05, 3.63) is 35.9 Å². The van der Waals surface area contributed by atoms with Crippen molar-refractivity contribution >= 4 is 5.91 Å². The van der Waals surface area contributed by atoms with Gasteiger partial charge in [0.15, 0.2) is 0 Å². The van der Waals surface area contributed by atoms with Gasteiger partial charge in [-0.3, -0.25) is 4.79 Å². The zero-order chi connectivity index (χ0) is 6.69. The van der Waals surface area contributed by atoms with Crippen LogP contribution >= 0.6 is 0 Å². The molecule has 0 spiro atoms. The highest BCUT2D eigenvalue weighted by Gasteiger charge is 1.93. The second-order valence-electron chi connectivity index (χ2n) is 1.73. The average Bonchev–Trinajstić information content (AvgIpc) is 1.90. The maximum atomic E-state index is 10.4. The van der Waals surface area contributed by atoms with Gasteiger partial charge in [0, 0.05) is 5.56 Å². The summed E-state index contributed by atoms with van der Waals surface area (Å²) in [5.41, 5.74) is 5.53. The smallest absolute Gasteiger partial charge is 0.248 e. The number of rotatable bonds is 1. The molecule has 1 aromatic carbocycles. The van der Waals surface area contributed by atoms with Gasteiger partial charge in [0.25, 0.3) is 0 Å². The summed E-state index contributed by atoms with van der Waals surface area (Å²) in [6.07, 6.45) is 0. The van der Waals surface area contributed by atoms with Gasteiger partial charge in [-0.15, -0.1) is 0 Å². The number of primary amides is 1. The third-order valence-corrected chi connectivity index (χ3v) is 1.06. The SMILES string of the molecule is N[13C](=O)c1ccccc1. The summed E-state index contributed by atoms with van der Waals surface area (Å²) in [6.45, 7) is 0. The van der Waals surface area contributed by atoms with Crippen LogP contribution in [0.3, 0.4) is 0 Å². The summed E-state index contributed by atoms with van der Waals surface area (Å²) in [5, 5.41) is 0. The van der Waals surface area contributed by atoms with Gasteiger partial charge in [0.05, 0.1) is 0 Å². The summed E-state index contributed by atoms with van der Waals surface area (Å²) in [4.78, 5) is 10.4. The average molecular weight is 122 g/mol. The van der Waals surface area contributed by atoms with E-state index in [9.17, 15) is 4.79 Å². The highest BCUT2D eigenvalue weighted by atomic mass is 16.2. The molecule has 9 heavy (non-hydrogen) atoms. The van der Waals surface area contributed by atoms with Crippen LogP contribution in [0.15, 0.2) is 30.3 Å². The minimum atomic E-state index is -0.379. The molecular weight excluding hydrogens is 115 g/mol. The molecule has 0 atom stereocenters. The van der Waals surface area contributed by atoms with E-state index in [1.165, 1.54) is 0 Å². The van der Waals surface area contributed by atoms with Gasteiger partial charge < -0.3 is 5.73 Å². The van der Waals surface area contributed by atoms with Gasteiger partial charge in [-0.05, 0) is 12.1 Å².